The molecular formula is C19H22N4O2. The van der Waals surface area contributed by atoms with Crippen LogP contribution in [0.1, 0.15) is 25.6 Å². The number of hydrogen-bond acceptors (Lipinski definition) is 4. The van der Waals surface area contributed by atoms with Crippen LogP contribution < -0.4 is 15.4 Å². The molecule has 0 bridgehead atoms. The molecule has 6 heteroatoms. The van der Waals surface area contributed by atoms with Crippen LogP contribution in [0.2, 0.25) is 0 Å². The third-order valence-corrected chi connectivity index (χ3v) is 4.15. The van der Waals surface area contributed by atoms with Crippen molar-refractivity contribution in [3.05, 3.63) is 42.2 Å². The average molecular weight is 338 g/mol. The molecule has 1 heterocycles. The molecule has 1 aromatic heterocycles. The number of fused-ring (bicyclic) bond motifs is 1. The Kier molecular flexibility index (Phi) is 4.61. The number of imidazole rings is 1. The summed E-state index contributed by atoms with van der Waals surface area (Å²) in [7, 11) is 3.48. The Bertz CT molecular complexity index is 915. The molecule has 0 fully saturated rings. The summed E-state index contributed by atoms with van der Waals surface area (Å²) >= 11 is 0. The average Bonchev–Trinajstić information content (AvgIpc) is 3.01. The largest absolute Gasteiger partial charge is 0.497 e. The van der Waals surface area contributed by atoms with Gasteiger partial charge in [0.05, 0.1) is 29.5 Å². The second kappa shape index (κ2) is 6.84. The van der Waals surface area contributed by atoms with E-state index in [-0.39, 0.29) is 5.92 Å². The number of carbonyl (C=O) groups is 1. The summed E-state index contributed by atoms with van der Waals surface area (Å²) in [6.45, 7) is 4.24. The third-order valence-electron chi connectivity index (χ3n) is 4.15. The first-order valence-corrected chi connectivity index (χ1v) is 8.17. The van der Waals surface area contributed by atoms with Crippen LogP contribution in [0.25, 0.3) is 16.7 Å². The van der Waals surface area contributed by atoms with E-state index in [1.165, 1.54) is 0 Å². The maximum atomic E-state index is 10.8. The van der Waals surface area contributed by atoms with Crippen LogP contribution >= 0.6 is 0 Å². The Morgan fingerprint density at radius 2 is 1.96 bits per heavy atom. The minimum Gasteiger partial charge on any atom is -0.497 e. The van der Waals surface area contributed by atoms with Crippen LogP contribution in [0.4, 0.5) is 11.4 Å². The van der Waals surface area contributed by atoms with Gasteiger partial charge >= 0.3 is 0 Å². The maximum Gasteiger partial charge on any atom is 0.211 e. The summed E-state index contributed by atoms with van der Waals surface area (Å²) in [5.41, 5.74) is 4.47. The highest BCUT2D eigenvalue weighted by Crippen LogP contribution is 2.31. The highest BCUT2D eigenvalue weighted by atomic mass is 16.5. The number of amides is 1. The van der Waals surface area contributed by atoms with Gasteiger partial charge in [-0.05, 0) is 30.3 Å². The van der Waals surface area contributed by atoms with Gasteiger partial charge in [0.25, 0.3) is 0 Å². The Morgan fingerprint density at radius 1 is 1.16 bits per heavy atom. The van der Waals surface area contributed by atoms with Gasteiger partial charge in [-0.15, -0.1) is 0 Å². The topological polar surface area (TPSA) is 68.2 Å². The number of aromatic nitrogens is 2. The van der Waals surface area contributed by atoms with Crippen molar-refractivity contribution in [3.63, 3.8) is 0 Å². The zero-order valence-corrected chi connectivity index (χ0v) is 14.8. The molecule has 0 saturated carbocycles. The summed E-state index contributed by atoms with van der Waals surface area (Å²) in [5.74, 6) is 2.01. The fourth-order valence-electron chi connectivity index (χ4n) is 2.93. The van der Waals surface area contributed by atoms with E-state index in [1.807, 2.05) is 43.4 Å². The molecule has 6 nitrogen and oxygen atoms in total. The first kappa shape index (κ1) is 16.8. The van der Waals surface area contributed by atoms with Crippen molar-refractivity contribution in [2.24, 2.45) is 0 Å². The first-order chi connectivity index (χ1) is 12.1. The van der Waals surface area contributed by atoms with Gasteiger partial charge in [0.2, 0.25) is 6.41 Å². The molecule has 0 aliphatic carbocycles. The molecule has 0 radical (unpaired) electrons. The SMILES string of the molecule is CNc1cc(-n2c(C(C)C)nc3cc(OC)ccc32)ccc1NC=O. The normalized spacial score (nSPS) is 10.9. The van der Waals surface area contributed by atoms with E-state index in [0.717, 1.165) is 39.7 Å². The molecule has 0 saturated heterocycles. The molecule has 0 unspecified atom stereocenters. The van der Waals surface area contributed by atoms with Gasteiger partial charge in [-0.25, -0.2) is 4.98 Å². The lowest BCUT2D eigenvalue weighted by molar-refractivity contribution is -0.105. The van der Waals surface area contributed by atoms with E-state index in [0.29, 0.717) is 6.41 Å². The van der Waals surface area contributed by atoms with E-state index in [2.05, 4.69) is 29.0 Å². The summed E-state index contributed by atoms with van der Waals surface area (Å²) < 4.78 is 7.46. The van der Waals surface area contributed by atoms with E-state index < -0.39 is 0 Å². The molecule has 0 aliphatic rings. The lowest BCUT2D eigenvalue weighted by atomic mass is 10.2. The molecule has 0 spiro atoms. The van der Waals surface area contributed by atoms with Crippen LogP contribution in [0.3, 0.4) is 0 Å². The zero-order chi connectivity index (χ0) is 18.0. The van der Waals surface area contributed by atoms with Gasteiger partial charge < -0.3 is 15.4 Å². The molecule has 2 aromatic carbocycles. The minimum atomic E-state index is 0.254. The molecule has 3 rings (SSSR count). The predicted molar refractivity (Wildman–Crippen MR) is 101 cm³/mol. The lowest BCUT2D eigenvalue weighted by Crippen LogP contribution is -2.05. The molecule has 130 valence electrons. The van der Waals surface area contributed by atoms with Crippen LogP contribution in [-0.2, 0) is 4.79 Å². The van der Waals surface area contributed by atoms with Gasteiger partial charge in [-0.1, -0.05) is 13.8 Å². The molecule has 3 aromatic rings. The molecule has 2 N–H and O–H groups in total. The molecular weight excluding hydrogens is 316 g/mol. The lowest BCUT2D eigenvalue weighted by Gasteiger charge is -2.15. The quantitative estimate of drug-likeness (QED) is 0.671. The fraction of sp³-hybridized carbons (Fsp3) is 0.263. The van der Waals surface area contributed by atoms with Crippen LogP contribution in [0.15, 0.2) is 36.4 Å². The number of carbonyl (C=O) groups excluding carboxylic acids is 1. The Labute approximate surface area is 146 Å². The standard InChI is InChI=1S/C19H22N4O2/c1-12(2)19-22-17-10-14(25-4)6-8-18(17)23(19)13-5-7-15(21-11-24)16(9-13)20-3/h5-12,20H,1-4H3,(H,21,24). The number of nitrogens with zero attached hydrogens (tertiary/aromatic N) is 2. The summed E-state index contributed by atoms with van der Waals surface area (Å²) in [6, 6.07) is 11.8. The smallest absolute Gasteiger partial charge is 0.211 e. The van der Waals surface area contributed by atoms with Gasteiger partial charge in [0.15, 0.2) is 0 Å². The second-order valence-corrected chi connectivity index (χ2v) is 6.06. The zero-order valence-electron chi connectivity index (χ0n) is 14.8. The monoisotopic (exact) mass is 338 g/mol. The summed E-state index contributed by atoms with van der Waals surface area (Å²) in [5, 5.41) is 5.83. The number of methoxy groups -OCH3 is 1. The van der Waals surface area contributed by atoms with Crippen molar-refractivity contribution in [2.45, 2.75) is 19.8 Å². The predicted octanol–water partition coefficient (Wildman–Crippen LogP) is 3.77. The number of hydrogen-bond donors (Lipinski definition) is 2. The van der Waals surface area contributed by atoms with Crippen molar-refractivity contribution < 1.29 is 9.53 Å². The van der Waals surface area contributed by atoms with Crippen LogP contribution in [0, 0.1) is 0 Å². The van der Waals surface area contributed by atoms with Gasteiger partial charge in [-0.3, -0.25) is 9.36 Å². The van der Waals surface area contributed by atoms with Crippen LogP contribution in [-0.4, -0.2) is 30.1 Å². The maximum absolute atomic E-state index is 10.8. The number of nitrogens with one attached hydrogen (secondary N) is 2. The number of rotatable bonds is 6. The molecule has 1 amide bonds. The van der Waals surface area contributed by atoms with Crippen molar-refractivity contribution in [1.29, 1.82) is 0 Å². The van der Waals surface area contributed by atoms with Gasteiger partial charge in [0.1, 0.15) is 11.6 Å². The van der Waals surface area contributed by atoms with Crippen LogP contribution in [0.5, 0.6) is 5.75 Å². The Hall–Kier alpha value is -3.02. The van der Waals surface area contributed by atoms with E-state index in [9.17, 15) is 4.79 Å². The molecule has 0 aliphatic heterocycles. The van der Waals surface area contributed by atoms with Crippen molar-refractivity contribution >= 4 is 28.8 Å². The molecule has 25 heavy (non-hydrogen) atoms. The van der Waals surface area contributed by atoms with Gasteiger partial charge in [0, 0.05) is 24.7 Å². The van der Waals surface area contributed by atoms with E-state index in [4.69, 9.17) is 9.72 Å². The van der Waals surface area contributed by atoms with E-state index in [1.54, 1.807) is 7.11 Å². The van der Waals surface area contributed by atoms with Crippen molar-refractivity contribution in [2.75, 3.05) is 24.8 Å². The summed E-state index contributed by atoms with van der Waals surface area (Å²) in [6.07, 6.45) is 0.675. The van der Waals surface area contributed by atoms with E-state index >= 15 is 0 Å². The second-order valence-electron chi connectivity index (χ2n) is 6.06. The third kappa shape index (κ3) is 3.03. The Balaban J connectivity index is 2.23. The molecule has 0 atom stereocenters. The van der Waals surface area contributed by atoms with Crippen molar-refractivity contribution in [1.82, 2.24) is 9.55 Å². The number of benzene rings is 2. The first-order valence-electron chi connectivity index (χ1n) is 8.17. The summed E-state index contributed by atoms with van der Waals surface area (Å²) in [4.78, 5) is 15.6. The fourth-order valence-corrected chi connectivity index (χ4v) is 2.93. The number of ether oxygens (including phenoxy) is 1. The number of anilines is 2. The Morgan fingerprint density at radius 3 is 2.60 bits per heavy atom. The minimum absolute atomic E-state index is 0.254. The van der Waals surface area contributed by atoms with Crippen molar-refractivity contribution in [3.8, 4) is 11.4 Å². The van der Waals surface area contributed by atoms with Gasteiger partial charge in [-0.2, -0.15) is 0 Å². The highest BCUT2D eigenvalue weighted by Gasteiger charge is 2.16. The highest BCUT2D eigenvalue weighted by molar-refractivity contribution is 5.84.